The number of ether oxygens (including phenoxy) is 3. The molecule has 1 atom stereocenters. The van der Waals surface area contributed by atoms with Crippen LogP contribution in [0.2, 0.25) is 0 Å². The number of carbonyl (C=O) groups excluding carboxylic acids is 2. The minimum absolute atomic E-state index is 0.0522. The van der Waals surface area contributed by atoms with Gasteiger partial charge in [0.05, 0.1) is 12.5 Å². The molecule has 0 bridgehead atoms. The molecule has 5 nitrogen and oxygen atoms in total. The number of rotatable bonds is 15. The summed E-state index contributed by atoms with van der Waals surface area (Å²) in [6.07, 6.45) is 11.2. The van der Waals surface area contributed by atoms with Crippen molar-refractivity contribution in [2.45, 2.75) is 65.7 Å². The fraction of sp³-hybridized carbons (Fsp3) is 0.583. The number of hydrogen-bond acceptors (Lipinski definition) is 5. The topological polar surface area (TPSA) is 61.8 Å². The van der Waals surface area contributed by atoms with Crippen LogP contribution in [-0.2, 0) is 19.1 Å². The molecule has 0 aliphatic rings. The highest BCUT2D eigenvalue weighted by Gasteiger charge is 2.11. The van der Waals surface area contributed by atoms with Gasteiger partial charge in [0, 0.05) is 6.08 Å². The van der Waals surface area contributed by atoms with Crippen LogP contribution in [0.1, 0.15) is 71.3 Å². The number of benzene rings is 1. The Balaban J connectivity index is 2.20. The quantitative estimate of drug-likeness (QED) is 0.217. The molecule has 1 aromatic carbocycles. The van der Waals surface area contributed by atoms with Crippen LogP contribution in [0, 0.1) is 5.92 Å². The van der Waals surface area contributed by atoms with Crippen LogP contribution in [-0.4, -0.2) is 31.8 Å². The predicted octanol–water partition coefficient (Wildman–Crippen LogP) is 5.57. The molecule has 0 aromatic heterocycles. The van der Waals surface area contributed by atoms with Crippen molar-refractivity contribution >= 4 is 18.0 Å². The number of hydrogen-bond donors (Lipinski definition) is 0. The normalized spacial score (nSPS) is 12.0. The maximum Gasteiger partial charge on any atom is 0.330 e. The molecule has 0 spiro atoms. The van der Waals surface area contributed by atoms with Gasteiger partial charge in [-0.15, -0.1) is 0 Å². The molecule has 0 heterocycles. The lowest BCUT2D eigenvalue weighted by Crippen LogP contribution is -2.17. The van der Waals surface area contributed by atoms with Gasteiger partial charge in [-0.3, -0.25) is 4.79 Å². The van der Waals surface area contributed by atoms with E-state index in [-0.39, 0.29) is 25.1 Å². The fourth-order valence-electron chi connectivity index (χ4n) is 2.55. The van der Waals surface area contributed by atoms with Crippen LogP contribution in [0.25, 0.3) is 6.08 Å². The summed E-state index contributed by atoms with van der Waals surface area (Å²) in [6.45, 7) is 6.81. The van der Waals surface area contributed by atoms with E-state index in [2.05, 4.69) is 6.92 Å². The highest BCUT2D eigenvalue weighted by Crippen LogP contribution is 2.14. The zero-order valence-corrected chi connectivity index (χ0v) is 18.2. The van der Waals surface area contributed by atoms with E-state index in [1.54, 1.807) is 6.08 Å². The van der Waals surface area contributed by atoms with E-state index in [1.807, 2.05) is 38.1 Å². The van der Waals surface area contributed by atoms with Crippen LogP contribution >= 0.6 is 0 Å². The SMILES string of the molecule is CCCCCCCCOc1ccc(/C=C/C(=O)OCCOC(=O)C(C)CC)cc1. The molecule has 162 valence electrons. The van der Waals surface area contributed by atoms with Crippen molar-refractivity contribution in [2.24, 2.45) is 5.92 Å². The third-order valence-electron chi connectivity index (χ3n) is 4.65. The maximum atomic E-state index is 11.7. The van der Waals surface area contributed by atoms with E-state index in [0.29, 0.717) is 0 Å². The summed E-state index contributed by atoms with van der Waals surface area (Å²) < 4.78 is 15.8. The molecule has 0 radical (unpaired) electrons. The van der Waals surface area contributed by atoms with Crippen LogP contribution in [0.5, 0.6) is 5.75 Å². The van der Waals surface area contributed by atoms with Gasteiger partial charge in [0.15, 0.2) is 0 Å². The molecule has 1 unspecified atom stereocenters. The van der Waals surface area contributed by atoms with Crippen molar-refractivity contribution in [3.05, 3.63) is 35.9 Å². The Morgan fingerprint density at radius 3 is 2.24 bits per heavy atom. The van der Waals surface area contributed by atoms with Gasteiger partial charge in [-0.25, -0.2) is 4.79 Å². The van der Waals surface area contributed by atoms with Gasteiger partial charge in [-0.05, 0) is 36.6 Å². The van der Waals surface area contributed by atoms with Gasteiger partial charge in [-0.1, -0.05) is 65.0 Å². The molecule has 1 rings (SSSR count). The van der Waals surface area contributed by atoms with Crippen molar-refractivity contribution in [3.8, 4) is 5.75 Å². The highest BCUT2D eigenvalue weighted by atomic mass is 16.6. The Labute approximate surface area is 175 Å². The van der Waals surface area contributed by atoms with E-state index in [4.69, 9.17) is 14.2 Å². The van der Waals surface area contributed by atoms with E-state index in [9.17, 15) is 9.59 Å². The van der Waals surface area contributed by atoms with Crippen LogP contribution in [0.4, 0.5) is 0 Å². The summed E-state index contributed by atoms with van der Waals surface area (Å²) in [6, 6.07) is 7.59. The van der Waals surface area contributed by atoms with Gasteiger partial charge in [-0.2, -0.15) is 0 Å². The van der Waals surface area contributed by atoms with Crippen LogP contribution < -0.4 is 4.74 Å². The first kappa shape index (κ1) is 24.7. The third-order valence-corrected chi connectivity index (χ3v) is 4.65. The molecule has 0 fully saturated rings. The Kier molecular flexibility index (Phi) is 13.3. The summed E-state index contributed by atoms with van der Waals surface area (Å²) in [5.41, 5.74) is 0.886. The summed E-state index contributed by atoms with van der Waals surface area (Å²) >= 11 is 0. The average Bonchev–Trinajstić information content (AvgIpc) is 2.74. The molecular weight excluding hydrogens is 368 g/mol. The number of carbonyl (C=O) groups is 2. The van der Waals surface area contributed by atoms with Gasteiger partial charge in [0.1, 0.15) is 19.0 Å². The van der Waals surface area contributed by atoms with Crippen molar-refractivity contribution in [2.75, 3.05) is 19.8 Å². The number of unbranched alkanes of at least 4 members (excludes halogenated alkanes) is 5. The summed E-state index contributed by atoms with van der Waals surface area (Å²) in [5.74, 6) is -0.0318. The predicted molar refractivity (Wildman–Crippen MR) is 116 cm³/mol. The molecule has 0 N–H and O–H groups in total. The first-order valence-electron chi connectivity index (χ1n) is 10.8. The highest BCUT2D eigenvalue weighted by molar-refractivity contribution is 5.87. The molecule has 0 saturated carbocycles. The molecule has 0 aliphatic carbocycles. The smallest absolute Gasteiger partial charge is 0.330 e. The van der Waals surface area contributed by atoms with Gasteiger partial charge in [0.2, 0.25) is 0 Å². The third kappa shape index (κ3) is 12.0. The van der Waals surface area contributed by atoms with E-state index >= 15 is 0 Å². The lowest BCUT2D eigenvalue weighted by molar-refractivity contribution is -0.152. The van der Waals surface area contributed by atoms with E-state index < -0.39 is 5.97 Å². The second kappa shape index (κ2) is 15.6. The first-order chi connectivity index (χ1) is 14.1. The number of esters is 2. The summed E-state index contributed by atoms with van der Waals surface area (Å²) in [7, 11) is 0. The maximum absolute atomic E-state index is 11.7. The molecule has 5 heteroatoms. The van der Waals surface area contributed by atoms with Crippen LogP contribution in [0.3, 0.4) is 0 Å². The zero-order chi connectivity index (χ0) is 21.3. The standard InChI is InChI=1S/C24H36O5/c1-4-6-7-8-9-10-17-27-22-14-11-21(12-15-22)13-16-23(25)28-18-19-29-24(26)20(3)5-2/h11-16,20H,4-10,17-19H2,1-3H3/b16-13+. The minimum atomic E-state index is -0.465. The van der Waals surface area contributed by atoms with Crippen molar-refractivity contribution < 1.29 is 23.8 Å². The van der Waals surface area contributed by atoms with Crippen molar-refractivity contribution in [1.82, 2.24) is 0 Å². The molecule has 29 heavy (non-hydrogen) atoms. The molecule has 1 aromatic rings. The summed E-state index contributed by atoms with van der Waals surface area (Å²) in [5, 5.41) is 0. The Hall–Kier alpha value is -2.30. The molecule has 0 saturated heterocycles. The summed E-state index contributed by atoms with van der Waals surface area (Å²) in [4.78, 5) is 23.2. The van der Waals surface area contributed by atoms with Gasteiger partial charge in [0.25, 0.3) is 0 Å². The van der Waals surface area contributed by atoms with Gasteiger partial charge < -0.3 is 14.2 Å². The average molecular weight is 405 g/mol. The largest absolute Gasteiger partial charge is 0.494 e. The lowest BCUT2D eigenvalue weighted by Gasteiger charge is -2.08. The second-order valence-corrected chi connectivity index (χ2v) is 7.16. The van der Waals surface area contributed by atoms with Crippen LogP contribution in [0.15, 0.2) is 30.3 Å². The Morgan fingerprint density at radius 1 is 0.897 bits per heavy atom. The van der Waals surface area contributed by atoms with E-state index in [0.717, 1.165) is 30.8 Å². The van der Waals surface area contributed by atoms with Gasteiger partial charge >= 0.3 is 11.9 Å². The Morgan fingerprint density at radius 2 is 1.55 bits per heavy atom. The second-order valence-electron chi connectivity index (χ2n) is 7.16. The minimum Gasteiger partial charge on any atom is -0.494 e. The van der Waals surface area contributed by atoms with Crippen molar-refractivity contribution in [1.29, 1.82) is 0 Å². The fourth-order valence-corrected chi connectivity index (χ4v) is 2.55. The molecular formula is C24H36O5. The lowest BCUT2D eigenvalue weighted by atomic mass is 10.1. The van der Waals surface area contributed by atoms with Crippen molar-refractivity contribution in [3.63, 3.8) is 0 Å². The zero-order valence-electron chi connectivity index (χ0n) is 18.2. The molecule has 0 aliphatic heterocycles. The Bertz CT molecular complexity index is 606. The van der Waals surface area contributed by atoms with E-state index in [1.165, 1.54) is 38.2 Å². The monoisotopic (exact) mass is 404 g/mol. The first-order valence-corrected chi connectivity index (χ1v) is 10.8. The molecule has 0 amide bonds.